The molecule has 0 fully saturated rings. The van der Waals surface area contributed by atoms with E-state index in [0.717, 1.165) is 20.8 Å². The van der Waals surface area contributed by atoms with Crippen LogP contribution in [-0.2, 0) is 6.54 Å². The Morgan fingerprint density at radius 1 is 1.50 bits per heavy atom. The maximum Gasteiger partial charge on any atom is 0.264 e. The van der Waals surface area contributed by atoms with Crippen molar-refractivity contribution in [3.05, 3.63) is 42.7 Å². The topological polar surface area (TPSA) is 20.3 Å². The van der Waals surface area contributed by atoms with E-state index in [4.69, 9.17) is 0 Å². The second-order valence-corrected chi connectivity index (χ2v) is 7.37. The van der Waals surface area contributed by atoms with Crippen molar-refractivity contribution in [1.29, 1.82) is 0 Å². The highest BCUT2D eigenvalue weighted by atomic mass is 79.9. The minimum Gasteiger partial charge on any atom is -0.333 e. The molecule has 2 aromatic rings. The fourth-order valence-electron chi connectivity index (χ4n) is 1.64. The molecule has 0 aliphatic carbocycles. The van der Waals surface area contributed by atoms with Crippen LogP contribution in [0.3, 0.4) is 0 Å². The SMILES string of the molecule is CCN(Cc1cccs1)C(=O)c1cc(C)c(Br)s1. The van der Waals surface area contributed by atoms with E-state index in [1.54, 1.807) is 11.3 Å². The Kier molecular flexibility index (Phi) is 4.59. The number of carbonyl (C=O) groups is 1. The number of halogens is 1. The van der Waals surface area contributed by atoms with Crippen LogP contribution in [0, 0.1) is 6.92 Å². The van der Waals surface area contributed by atoms with Crippen molar-refractivity contribution in [2.45, 2.75) is 20.4 Å². The van der Waals surface area contributed by atoms with E-state index in [9.17, 15) is 4.79 Å². The van der Waals surface area contributed by atoms with Crippen LogP contribution in [0.1, 0.15) is 27.0 Å². The molecule has 18 heavy (non-hydrogen) atoms. The summed E-state index contributed by atoms with van der Waals surface area (Å²) in [5.41, 5.74) is 1.12. The van der Waals surface area contributed by atoms with E-state index < -0.39 is 0 Å². The first kappa shape index (κ1) is 13.8. The van der Waals surface area contributed by atoms with E-state index in [1.165, 1.54) is 16.2 Å². The fraction of sp³-hybridized carbons (Fsp3) is 0.308. The summed E-state index contributed by atoms with van der Waals surface area (Å²) in [4.78, 5) is 16.3. The van der Waals surface area contributed by atoms with Crippen LogP contribution in [0.4, 0.5) is 0 Å². The van der Waals surface area contributed by atoms with Gasteiger partial charge in [0.2, 0.25) is 0 Å². The van der Waals surface area contributed by atoms with Crippen LogP contribution in [0.2, 0.25) is 0 Å². The van der Waals surface area contributed by atoms with Crippen LogP contribution >= 0.6 is 38.6 Å². The maximum absolute atomic E-state index is 12.4. The number of aryl methyl sites for hydroxylation is 1. The molecule has 0 aromatic carbocycles. The number of hydrogen-bond donors (Lipinski definition) is 0. The Hall–Kier alpha value is -0.650. The average Bonchev–Trinajstić information content (AvgIpc) is 2.96. The molecule has 96 valence electrons. The zero-order chi connectivity index (χ0) is 13.1. The predicted octanol–water partition coefficient (Wildman–Crippen LogP) is 4.54. The monoisotopic (exact) mass is 343 g/mol. The fourth-order valence-corrected chi connectivity index (χ4v) is 3.86. The largest absolute Gasteiger partial charge is 0.333 e. The highest BCUT2D eigenvalue weighted by Crippen LogP contribution is 2.28. The summed E-state index contributed by atoms with van der Waals surface area (Å²) < 4.78 is 1.04. The van der Waals surface area contributed by atoms with Gasteiger partial charge < -0.3 is 4.90 Å². The number of thiophene rings is 2. The van der Waals surface area contributed by atoms with E-state index in [0.29, 0.717) is 6.54 Å². The minimum absolute atomic E-state index is 0.115. The van der Waals surface area contributed by atoms with Gasteiger partial charge in [0, 0.05) is 11.4 Å². The van der Waals surface area contributed by atoms with Crippen molar-refractivity contribution in [3.63, 3.8) is 0 Å². The lowest BCUT2D eigenvalue weighted by molar-refractivity contribution is 0.0759. The van der Waals surface area contributed by atoms with Gasteiger partial charge >= 0.3 is 0 Å². The smallest absolute Gasteiger partial charge is 0.264 e. The van der Waals surface area contributed by atoms with E-state index >= 15 is 0 Å². The molecule has 0 N–H and O–H groups in total. The number of hydrogen-bond acceptors (Lipinski definition) is 3. The molecule has 0 radical (unpaired) electrons. The quantitative estimate of drug-likeness (QED) is 0.797. The minimum atomic E-state index is 0.115. The van der Waals surface area contributed by atoms with Gasteiger partial charge in [-0.1, -0.05) is 6.07 Å². The van der Waals surface area contributed by atoms with E-state index in [1.807, 2.05) is 36.3 Å². The molecular formula is C13H14BrNOS2. The van der Waals surface area contributed by atoms with Crippen molar-refractivity contribution in [1.82, 2.24) is 4.90 Å². The third-order valence-corrected chi connectivity index (χ3v) is 5.65. The first-order valence-electron chi connectivity index (χ1n) is 5.69. The van der Waals surface area contributed by atoms with Crippen molar-refractivity contribution in [2.75, 3.05) is 6.54 Å². The lowest BCUT2D eigenvalue weighted by Gasteiger charge is -2.19. The van der Waals surface area contributed by atoms with Gasteiger partial charge in [0.25, 0.3) is 5.91 Å². The molecular weight excluding hydrogens is 330 g/mol. The highest BCUT2D eigenvalue weighted by Gasteiger charge is 2.18. The molecule has 2 aromatic heterocycles. The summed E-state index contributed by atoms with van der Waals surface area (Å²) in [7, 11) is 0. The van der Waals surface area contributed by atoms with Crippen molar-refractivity contribution in [2.24, 2.45) is 0 Å². The summed E-state index contributed by atoms with van der Waals surface area (Å²) in [6.07, 6.45) is 0. The van der Waals surface area contributed by atoms with Gasteiger partial charge in [-0.15, -0.1) is 22.7 Å². The molecule has 0 bridgehead atoms. The zero-order valence-corrected chi connectivity index (χ0v) is 13.5. The summed E-state index contributed by atoms with van der Waals surface area (Å²) in [6, 6.07) is 6.04. The highest BCUT2D eigenvalue weighted by molar-refractivity contribution is 9.11. The lowest BCUT2D eigenvalue weighted by atomic mass is 10.3. The molecule has 0 saturated heterocycles. The Labute approximate surface area is 123 Å². The van der Waals surface area contributed by atoms with Gasteiger partial charge in [0.1, 0.15) is 0 Å². The Balaban J connectivity index is 2.15. The average molecular weight is 344 g/mol. The molecule has 0 saturated carbocycles. The molecule has 0 spiro atoms. The molecule has 2 nitrogen and oxygen atoms in total. The first-order valence-corrected chi connectivity index (χ1v) is 8.18. The molecule has 0 aliphatic heterocycles. The number of nitrogens with zero attached hydrogens (tertiary/aromatic N) is 1. The van der Waals surface area contributed by atoms with Gasteiger partial charge in [-0.25, -0.2) is 0 Å². The molecule has 5 heteroatoms. The predicted molar refractivity (Wildman–Crippen MR) is 81.5 cm³/mol. The number of rotatable bonds is 4. The van der Waals surface area contributed by atoms with Crippen molar-refractivity contribution >= 4 is 44.5 Å². The van der Waals surface area contributed by atoms with Gasteiger partial charge in [0.15, 0.2) is 0 Å². The van der Waals surface area contributed by atoms with Crippen LogP contribution in [0.25, 0.3) is 0 Å². The van der Waals surface area contributed by atoms with Gasteiger partial charge in [-0.3, -0.25) is 4.79 Å². The summed E-state index contributed by atoms with van der Waals surface area (Å²) in [5, 5.41) is 2.04. The van der Waals surface area contributed by atoms with Crippen molar-refractivity contribution in [3.8, 4) is 0 Å². The van der Waals surface area contributed by atoms with Crippen LogP contribution in [0.15, 0.2) is 27.4 Å². The summed E-state index contributed by atoms with van der Waals surface area (Å²) >= 11 is 6.66. The normalized spacial score (nSPS) is 10.6. The third-order valence-electron chi connectivity index (χ3n) is 2.66. The molecule has 1 amide bonds. The van der Waals surface area contributed by atoms with Crippen molar-refractivity contribution < 1.29 is 4.79 Å². The maximum atomic E-state index is 12.4. The van der Waals surface area contributed by atoms with Gasteiger partial charge in [-0.2, -0.15) is 0 Å². The van der Waals surface area contributed by atoms with Gasteiger partial charge in [-0.05, 0) is 52.9 Å². The molecule has 0 atom stereocenters. The Morgan fingerprint density at radius 3 is 2.78 bits per heavy atom. The Morgan fingerprint density at radius 2 is 2.28 bits per heavy atom. The van der Waals surface area contributed by atoms with E-state index in [2.05, 4.69) is 22.0 Å². The lowest BCUT2D eigenvalue weighted by Crippen LogP contribution is -2.29. The molecule has 0 unspecified atom stereocenters. The van der Waals surface area contributed by atoms with Gasteiger partial charge in [0.05, 0.1) is 15.2 Å². The number of carbonyl (C=O) groups excluding carboxylic acids is 1. The second-order valence-electron chi connectivity index (χ2n) is 3.97. The van der Waals surface area contributed by atoms with E-state index in [-0.39, 0.29) is 5.91 Å². The van der Waals surface area contributed by atoms with Crippen LogP contribution in [0.5, 0.6) is 0 Å². The second kappa shape index (κ2) is 5.99. The summed E-state index contributed by atoms with van der Waals surface area (Å²) in [5.74, 6) is 0.115. The first-order chi connectivity index (χ1) is 8.61. The Bertz CT molecular complexity index is 514. The zero-order valence-electron chi connectivity index (χ0n) is 10.3. The van der Waals surface area contributed by atoms with Crippen LogP contribution < -0.4 is 0 Å². The standard InChI is InChI=1S/C13H14BrNOS2/c1-3-15(8-10-5-4-6-17-10)13(16)11-7-9(2)12(14)18-11/h4-7H,3,8H2,1-2H3. The number of amides is 1. The van der Waals surface area contributed by atoms with Crippen LogP contribution in [-0.4, -0.2) is 17.4 Å². The molecule has 2 heterocycles. The third kappa shape index (κ3) is 3.02. The molecule has 0 aliphatic rings. The summed E-state index contributed by atoms with van der Waals surface area (Å²) in [6.45, 7) is 5.45. The molecule has 2 rings (SSSR count).